The molecular weight excluding hydrogens is 320 g/mol. The molecule has 0 aliphatic carbocycles. The van der Waals surface area contributed by atoms with Gasteiger partial charge in [-0.3, -0.25) is 9.20 Å². The molecule has 4 rings (SSSR count). The van der Waals surface area contributed by atoms with E-state index in [2.05, 4.69) is 9.88 Å². The average molecular weight is 344 g/mol. The number of hydrogen-bond donors (Lipinski definition) is 0. The van der Waals surface area contributed by atoms with Gasteiger partial charge in [-0.1, -0.05) is 17.8 Å². The highest BCUT2D eigenvalue weighted by atomic mass is 32.2. The van der Waals surface area contributed by atoms with Gasteiger partial charge in [0.15, 0.2) is 10.9 Å². The van der Waals surface area contributed by atoms with Gasteiger partial charge < -0.3 is 9.80 Å². The first-order chi connectivity index (χ1) is 11.8. The van der Waals surface area contributed by atoms with E-state index in [0.29, 0.717) is 11.7 Å². The first kappa shape index (κ1) is 16.0. The quantitative estimate of drug-likeness (QED) is 0.803. The van der Waals surface area contributed by atoms with Crippen LogP contribution in [0.3, 0.4) is 0 Å². The third-order valence-corrected chi connectivity index (χ3v) is 5.96. The van der Waals surface area contributed by atoms with Crippen LogP contribution in [0.15, 0.2) is 29.6 Å². The van der Waals surface area contributed by atoms with Gasteiger partial charge in [0.2, 0.25) is 0 Å². The minimum Gasteiger partial charge on any atom is -0.337 e. The number of carbonyl (C=O) groups is 1. The van der Waals surface area contributed by atoms with Gasteiger partial charge >= 0.3 is 0 Å². The van der Waals surface area contributed by atoms with E-state index < -0.39 is 0 Å². The molecule has 0 radical (unpaired) electrons. The minimum absolute atomic E-state index is 0.0823. The maximum atomic E-state index is 13.0. The lowest BCUT2D eigenvalue weighted by molar-refractivity contribution is 0.0641. The molecule has 4 heterocycles. The van der Waals surface area contributed by atoms with Crippen molar-refractivity contribution in [2.45, 2.75) is 36.9 Å². The number of carbonyl (C=O) groups excluding carboxylic acids is 1. The average Bonchev–Trinajstić information content (AvgIpc) is 3.29. The third kappa shape index (κ3) is 2.82. The summed E-state index contributed by atoms with van der Waals surface area (Å²) >= 11 is 1.57. The molecule has 2 aromatic rings. The summed E-state index contributed by atoms with van der Waals surface area (Å²) in [6.07, 6.45) is 8.82. The Hall–Kier alpha value is -1.53. The largest absolute Gasteiger partial charge is 0.337 e. The SMILES string of the molecule is CSc1nc(C(=O)N2CCC(N3CCCC3)CC2)c2ccccn12. The molecule has 2 fully saturated rings. The number of amides is 1. The van der Waals surface area contributed by atoms with E-state index in [-0.39, 0.29) is 5.91 Å². The number of likely N-dealkylation sites (tertiary alicyclic amines) is 2. The Bertz CT molecular complexity index is 730. The molecule has 2 aliphatic rings. The smallest absolute Gasteiger partial charge is 0.274 e. The number of aromatic nitrogens is 2. The Labute approximate surface area is 147 Å². The lowest BCUT2D eigenvalue weighted by Gasteiger charge is -2.36. The third-order valence-electron chi connectivity index (χ3n) is 5.31. The summed E-state index contributed by atoms with van der Waals surface area (Å²) in [5.41, 5.74) is 1.51. The molecule has 24 heavy (non-hydrogen) atoms. The van der Waals surface area contributed by atoms with E-state index in [4.69, 9.17) is 0 Å². The van der Waals surface area contributed by atoms with Crippen molar-refractivity contribution in [1.82, 2.24) is 19.2 Å². The molecule has 6 heteroatoms. The number of nitrogens with zero attached hydrogens (tertiary/aromatic N) is 4. The van der Waals surface area contributed by atoms with E-state index in [9.17, 15) is 4.79 Å². The maximum absolute atomic E-state index is 13.0. The highest BCUT2D eigenvalue weighted by Crippen LogP contribution is 2.25. The lowest BCUT2D eigenvalue weighted by atomic mass is 10.0. The number of pyridine rings is 1. The maximum Gasteiger partial charge on any atom is 0.274 e. The summed E-state index contributed by atoms with van der Waals surface area (Å²) in [6.45, 7) is 4.17. The lowest BCUT2D eigenvalue weighted by Crippen LogP contribution is -2.46. The van der Waals surface area contributed by atoms with Crippen molar-refractivity contribution in [2.75, 3.05) is 32.4 Å². The molecule has 2 saturated heterocycles. The van der Waals surface area contributed by atoms with Crippen LogP contribution in [0.2, 0.25) is 0 Å². The van der Waals surface area contributed by atoms with Crippen molar-refractivity contribution in [1.29, 1.82) is 0 Å². The Balaban J connectivity index is 1.50. The minimum atomic E-state index is 0.0823. The fourth-order valence-electron chi connectivity index (χ4n) is 4.00. The summed E-state index contributed by atoms with van der Waals surface area (Å²) in [5, 5.41) is 0.876. The number of piperidine rings is 1. The molecule has 0 N–H and O–H groups in total. The van der Waals surface area contributed by atoms with Crippen LogP contribution in [0, 0.1) is 0 Å². The van der Waals surface area contributed by atoms with Gasteiger partial charge in [-0.05, 0) is 57.2 Å². The van der Waals surface area contributed by atoms with Crippen LogP contribution >= 0.6 is 11.8 Å². The van der Waals surface area contributed by atoms with Crippen molar-refractivity contribution in [3.63, 3.8) is 0 Å². The van der Waals surface area contributed by atoms with Crippen molar-refractivity contribution in [2.24, 2.45) is 0 Å². The molecule has 5 nitrogen and oxygen atoms in total. The Morgan fingerprint density at radius 2 is 1.92 bits per heavy atom. The topological polar surface area (TPSA) is 40.9 Å². The first-order valence-electron chi connectivity index (χ1n) is 8.82. The van der Waals surface area contributed by atoms with Crippen LogP contribution in [0.4, 0.5) is 0 Å². The molecular formula is C18H24N4OS. The highest BCUT2D eigenvalue weighted by Gasteiger charge is 2.30. The van der Waals surface area contributed by atoms with Crippen molar-refractivity contribution in [3.8, 4) is 0 Å². The van der Waals surface area contributed by atoms with Gasteiger partial charge in [0.25, 0.3) is 5.91 Å². The molecule has 2 aromatic heterocycles. The van der Waals surface area contributed by atoms with Crippen LogP contribution < -0.4 is 0 Å². The summed E-state index contributed by atoms with van der Waals surface area (Å²) < 4.78 is 2.01. The van der Waals surface area contributed by atoms with E-state index in [1.54, 1.807) is 11.8 Å². The number of fused-ring (bicyclic) bond motifs is 1. The fraction of sp³-hybridized carbons (Fsp3) is 0.556. The zero-order valence-electron chi connectivity index (χ0n) is 14.1. The molecule has 0 bridgehead atoms. The second kappa shape index (κ2) is 6.76. The van der Waals surface area contributed by atoms with Crippen molar-refractivity contribution >= 4 is 23.2 Å². The Morgan fingerprint density at radius 1 is 1.17 bits per heavy atom. The normalized spacial score (nSPS) is 20.1. The summed E-state index contributed by atoms with van der Waals surface area (Å²) in [4.78, 5) is 22.2. The Kier molecular flexibility index (Phi) is 4.50. The zero-order valence-corrected chi connectivity index (χ0v) is 15.0. The second-order valence-electron chi connectivity index (χ2n) is 6.67. The van der Waals surface area contributed by atoms with Crippen LogP contribution in [-0.2, 0) is 0 Å². The van der Waals surface area contributed by atoms with Crippen LogP contribution in [0.25, 0.3) is 5.52 Å². The summed E-state index contributed by atoms with van der Waals surface area (Å²) in [5.74, 6) is 0.0823. The van der Waals surface area contributed by atoms with E-state index >= 15 is 0 Å². The molecule has 128 valence electrons. The van der Waals surface area contributed by atoms with Gasteiger partial charge in [-0.15, -0.1) is 0 Å². The number of rotatable bonds is 3. The van der Waals surface area contributed by atoms with Gasteiger partial charge in [0, 0.05) is 25.3 Å². The van der Waals surface area contributed by atoms with Crippen LogP contribution in [-0.4, -0.2) is 63.6 Å². The van der Waals surface area contributed by atoms with Gasteiger partial charge in [0.05, 0.1) is 5.52 Å². The summed E-state index contributed by atoms with van der Waals surface area (Å²) in [6, 6.07) is 6.59. The van der Waals surface area contributed by atoms with Crippen molar-refractivity contribution in [3.05, 3.63) is 30.1 Å². The number of imidazole rings is 1. The van der Waals surface area contributed by atoms with E-state index in [1.807, 2.05) is 40.0 Å². The molecule has 1 amide bonds. The van der Waals surface area contributed by atoms with Gasteiger partial charge in [-0.2, -0.15) is 0 Å². The molecule has 2 aliphatic heterocycles. The van der Waals surface area contributed by atoms with Gasteiger partial charge in [-0.25, -0.2) is 4.98 Å². The summed E-state index contributed by atoms with van der Waals surface area (Å²) in [7, 11) is 0. The van der Waals surface area contributed by atoms with Gasteiger partial charge in [0.1, 0.15) is 0 Å². The predicted octanol–water partition coefficient (Wildman–Crippen LogP) is 2.76. The first-order valence-corrected chi connectivity index (χ1v) is 10.0. The van der Waals surface area contributed by atoms with Crippen LogP contribution in [0.1, 0.15) is 36.2 Å². The molecule has 0 saturated carbocycles. The van der Waals surface area contributed by atoms with Crippen molar-refractivity contribution < 1.29 is 4.79 Å². The molecule has 0 aromatic carbocycles. The molecule has 0 unspecified atom stereocenters. The highest BCUT2D eigenvalue weighted by molar-refractivity contribution is 7.98. The molecule has 0 spiro atoms. The number of thioether (sulfide) groups is 1. The van der Waals surface area contributed by atoms with E-state index in [0.717, 1.165) is 36.6 Å². The van der Waals surface area contributed by atoms with E-state index in [1.165, 1.54) is 25.9 Å². The Morgan fingerprint density at radius 3 is 2.62 bits per heavy atom. The molecule has 0 atom stereocenters. The predicted molar refractivity (Wildman–Crippen MR) is 96.7 cm³/mol. The number of hydrogen-bond acceptors (Lipinski definition) is 4. The zero-order chi connectivity index (χ0) is 16.5. The van der Waals surface area contributed by atoms with Crippen LogP contribution in [0.5, 0.6) is 0 Å². The second-order valence-corrected chi connectivity index (χ2v) is 7.44. The monoisotopic (exact) mass is 344 g/mol. The fourth-order valence-corrected chi connectivity index (χ4v) is 4.54. The standard InChI is InChI=1S/C18H24N4OS/c1-24-18-19-16(15-6-2-3-11-22(15)18)17(23)21-12-7-14(8-13-21)20-9-4-5-10-20/h2-3,6,11,14H,4-5,7-10,12-13H2,1H3.